The van der Waals surface area contributed by atoms with Crippen LogP contribution in [0.1, 0.15) is 29.6 Å². The second-order valence-electron chi connectivity index (χ2n) is 3.92. The molecule has 0 amide bonds. The SMILES string of the molecule is O=C(O)c1csc(S(=O)(=O)N2CCCCC2)c1. The zero-order valence-electron chi connectivity index (χ0n) is 9.13. The molecule has 1 N–H and O–H groups in total. The lowest BCUT2D eigenvalue weighted by Gasteiger charge is -2.25. The number of rotatable bonds is 3. The Kier molecular flexibility index (Phi) is 3.50. The summed E-state index contributed by atoms with van der Waals surface area (Å²) >= 11 is 0.968. The van der Waals surface area contributed by atoms with Crippen LogP contribution in [0.5, 0.6) is 0 Å². The Hall–Kier alpha value is -0.920. The normalized spacial score (nSPS) is 18.1. The second-order valence-corrected chi connectivity index (χ2v) is 7.00. The molecule has 1 aromatic heterocycles. The number of nitrogens with zero attached hydrogens (tertiary/aromatic N) is 1. The first-order chi connectivity index (χ1) is 8.01. The van der Waals surface area contributed by atoms with Gasteiger partial charge in [0.1, 0.15) is 4.21 Å². The number of carboxylic acids is 1. The van der Waals surface area contributed by atoms with Gasteiger partial charge in [-0.05, 0) is 18.9 Å². The number of piperidine rings is 1. The van der Waals surface area contributed by atoms with Gasteiger partial charge in [-0.1, -0.05) is 6.42 Å². The van der Waals surface area contributed by atoms with Crippen molar-refractivity contribution in [3.8, 4) is 0 Å². The van der Waals surface area contributed by atoms with E-state index in [4.69, 9.17) is 5.11 Å². The maximum Gasteiger partial charge on any atom is 0.336 e. The molecule has 0 bridgehead atoms. The molecule has 1 aromatic rings. The van der Waals surface area contributed by atoms with Crippen molar-refractivity contribution in [1.82, 2.24) is 4.31 Å². The fourth-order valence-corrected chi connectivity index (χ4v) is 4.62. The largest absolute Gasteiger partial charge is 0.478 e. The Morgan fingerprint density at radius 2 is 1.94 bits per heavy atom. The summed E-state index contributed by atoms with van der Waals surface area (Å²) in [6, 6.07) is 1.23. The van der Waals surface area contributed by atoms with Crippen molar-refractivity contribution in [2.45, 2.75) is 23.5 Å². The van der Waals surface area contributed by atoms with Crippen LogP contribution in [0, 0.1) is 0 Å². The summed E-state index contributed by atoms with van der Waals surface area (Å²) < 4.78 is 25.9. The van der Waals surface area contributed by atoms with Crippen LogP contribution in [-0.4, -0.2) is 36.9 Å². The van der Waals surface area contributed by atoms with Crippen LogP contribution in [-0.2, 0) is 10.0 Å². The molecule has 5 nitrogen and oxygen atoms in total. The zero-order valence-corrected chi connectivity index (χ0v) is 10.8. The second kappa shape index (κ2) is 4.75. The zero-order chi connectivity index (χ0) is 12.5. The number of thiophene rings is 1. The average Bonchev–Trinajstić information content (AvgIpc) is 2.80. The minimum atomic E-state index is -3.49. The van der Waals surface area contributed by atoms with Gasteiger partial charge in [0.15, 0.2) is 0 Å². The van der Waals surface area contributed by atoms with Crippen molar-refractivity contribution in [3.05, 3.63) is 17.0 Å². The smallest absolute Gasteiger partial charge is 0.336 e. The number of carboxylic acid groups (broad SMARTS) is 1. The molecule has 0 saturated carbocycles. The lowest BCUT2D eigenvalue weighted by Crippen LogP contribution is -2.35. The van der Waals surface area contributed by atoms with Gasteiger partial charge >= 0.3 is 5.97 Å². The first kappa shape index (κ1) is 12.5. The lowest BCUT2D eigenvalue weighted by molar-refractivity contribution is 0.0697. The molecule has 0 aliphatic carbocycles. The van der Waals surface area contributed by atoms with E-state index in [1.54, 1.807) is 0 Å². The monoisotopic (exact) mass is 275 g/mol. The molecule has 2 rings (SSSR count). The highest BCUT2D eigenvalue weighted by Crippen LogP contribution is 2.26. The van der Waals surface area contributed by atoms with Gasteiger partial charge in [0.25, 0.3) is 10.0 Å². The van der Waals surface area contributed by atoms with E-state index in [9.17, 15) is 13.2 Å². The van der Waals surface area contributed by atoms with Gasteiger partial charge in [0, 0.05) is 18.5 Å². The Morgan fingerprint density at radius 3 is 2.47 bits per heavy atom. The first-order valence-corrected chi connectivity index (χ1v) is 7.66. The van der Waals surface area contributed by atoms with Crippen LogP contribution in [0.4, 0.5) is 0 Å². The van der Waals surface area contributed by atoms with Crippen molar-refractivity contribution >= 4 is 27.3 Å². The van der Waals surface area contributed by atoms with Gasteiger partial charge in [0.2, 0.25) is 0 Å². The number of carbonyl (C=O) groups is 1. The molecule has 0 spiro atoms. The molecule has 2 heterocycles. The predicted octanol–water partition coefficient (Wildman–Crippen LogP) is 1.62. The van der Waals surface area contributed by atoms with E-state index in [0.29, 0.717) is 13.1 Å². The fraction of sp³-hybridized carbons (Fsp3) is 0.500. The Morgan fingerprint density at radius 1 is 1.29 bits per heavy atom. The van der Waals surface area contributed by atoms with E-state index in [0.717, 1.165) is 30.6 Å². The van der Waals surface area contributed by atoms with Crippen LogP contribution in [0.15, 0.2) is 15.7 Å². The van der Waals surface area contributed by atoms with E-state index in [-0.39, 0.29) is 9.77 Å². The highest BCUT2D eigenvalue weighted by molar-refractivity contribution is 7.91. The van der Waals surface area contributed by atoms with Gasteiger partial charge in [-0.25, -0.2) is 13.2 Å². The molecule has 17 heavy (non-hydrogen) atoms. The molecule has 1 aliphatic heterocycles. The minimum absolute atomic E-state index is 0.0329. The molecule has 94 valence electrons. The molecule has 0 atom stereocenters. The van der Waals surface area contributed by atoms with E-state index >= 15 is 0 Å². The summed E-state index contributed by atoms with van der Waals surface area (Å²) in [5.74, 6) is -1.10. The summed E-state index contributed by atoms with van der Waals surface area (Å²) in [5, 5.41) is 10.1. The van der Waals surface area contributed by atoms with E-state index < -0.39 is 16.0 Å². The van der Waals surface area contributed by atoms with Crippen LogP contribution in [0.3, 0.4) is 0 Å². The van der Waals surface area contributed by atoms with Gasteiger partial charge in [-0.3, -0.25) is 0 Å². The van der Waals surface area contributed by atoms with Gasteiger partial charge in [-0.15, -0.1) is 11.3 Å². The first-order valence-electron chi connectivity index (χ1n) is 5.34. The fourth-order valence-electron chi connectivity index (χ4n) is 1.80. The lowest BCUT2D eigenvalue weighted by atomic mass is 10.2. The third kappa shape index (κ3) is 2.51. The van der Waals surface area contributed by atoms with Crippen molar-refractivity contribution in [3.63, 3.8) is 0 Å². The summed E-state index contributed by atoms with van der Waals surface area (Å²) in [5.41, 5.74) is 0.0329. The van der Waals surface area contributed by atoms with E-state index in [1.165, 1.54) is 15.8 Å². The van der Waals surface area contributed by atoms with Gasteiger partial charge in [-0.2, -0.15) is 4.31 Å². The molecule has 1 fully saturated rings. The summed E-state index contributed by atoms with van der Waals surface area (Å²) in [4.78, 5) is 10.7. The van der Waals surface area contributed by atoms with Crippen molar-refractivity contribution < 1.29 is 18.3 Å². The summed E-state index contributed by atoms with van der Waals surface area (Å²) in [6.45, 7) is 1.06. The molecular weight excluding hydrogens is 262 g/mol. The minimum Gasteiger partial charge on any atom is -0.478 e. The quantitative estimate of drug-likeness (QED) is 0.909. The van der Waals surface area contributed by atoms with Crippen LogP contribution < -0.4 is 0 Å². The Balaban J connectivity index is 2.27. The number of aromatic carboxylic acids is 1. The molecule has 1 aliphatic rings. The van der Waals surface area contributed by atoms with Crippen molar-refractivity contribution in [2.75, 3.05) is 13.1 Å². The number of hydrogen-bond donors (Lipinski definition) is 1. The maximum atomic E-state index is 12.2. The molecular formula is C10H13NO4S2. The van der Waals surface area contributed by atoms with Crippen LogP contribution in [0.2, 0.25) is 0 Å². The van der Waals surface area contributed by atoms with Gasteiger partial charge < -0.3 is 5.11 Å². The number of hydrogen-bond acceptors (Lipinski definition) is 4. The van der Waals surface area contributed by atoms with Crippen molar-refractivity contribution in [2.24, 2.45) is 0 Å². The van der Waals surface area contributed by atoms with Gasteiger partial charge in [0.05, 0.1) is 5.56 Å². The van der Waals surface area contributed by atoms with Crippen molar-refractivity contribution in [1.29, 1.82) is 0 Å². The highest BCUT2D eigenvalue weighted by atomic mass is 32.2. The highest BCUT2D eigenvalue weighted by Gasteiger charge is 2.27. The average molecular weight is 275 g/mol. The maximum absolute atomic E-state index is 12.2. The molecule has 0 unspecified atom stereocenters. The third-order valence-electron chi connectivity index (χ3n) is 2.73. The van der Waals surface area contributed by atoms with Crippen LogP contribution in [0.25, 0.3) is 0 Å². The standard InChI is InChI=1S/C10H13NO4S2/c12-10(13)8-6-9(16-7-8)17(14,15)11-4-2-1-3-5-11/h6-7H,1-5H2,(H,12,13). The Bertz CT molecular complexity index is 514. The number of sulfonamides is 1. The molecule has 0 aromatic carbocycles. The third-order valence-corrected chi connectivity index (χ3v) is 6.05. The summed E-state index contributed by atoms with van der Waals surface area (Å²) in [7, 11) is -3.49. The van der Waals surface area contributed by atoms with E-state index in [2.05, 4.69) is 0 Å². The molecule has 7 heteroatoms. The van der Waals surface area contributed by atoms with E-state index in [1.807, 2.05) is 0 Å². The topological polar surface area (TPSA) is 74.7 Å². The summed E-state index contributed by atoms with van der Waals surface area (Å²) in [6.07, 6.45) is 2.80. The van der Waals surface area contributed by atoms with Crippen LogP contribution >= 0.6 is 11.3 Å². The molecule has 0 radical (unpaired) electrons. The molecule has 1 saturated heterocycles. The Labute approximate surface area is 104 Å². The predicted molar refractivity (Wildman–Crippen MR) is 63.9 cm³/mol.